The van der Waals surface area contributed by atoms with E-state index in [1.165, 1.54) is 0 Å². The van der Waals surface area contributed by atoms with Crippen molar-refractivity contribution in [2.45, 2.75) is 13.8 Å². The molecule has 0 fully saturated rings. The minimum absolute atomic E-state index is 0.236. The summed E-state index contributed by atoms with van der Waals surface area (Å²) < 4.78 is 0. The van der Waals surface area contributed by atoms with E-state index in [9.17, 15) is 4.79 Å². The molecule has 2 N–H and O–H groups in total. The van der Waals surface area contributed by atoms with Gasteiger partial charge in [0.25, 0.3) is 5.82 Å². The molecule has 1 aromatic carbocycles. The Balaban J connectivity index is 2.22. The molecule has 0 aliphatic carbocycles. The third-order valence-corrected chi connectivity index (χ3v) is 3.32. The smallest absolute Gasteiger partial charge is 0.245 e. The molecule has 3 nitrogen and oxygen atoms in total. The van der Waals surface area contributed by atoms with Crippen molar-refractivity contribution in [2.24, 2.45) is 0 Å². The number of carbonyl (C=O) groups is 1. The van der Waals surface area contributed by atoms with Gasteiger partial charge in [0.1, 0.15) is 0 Å². The van der Waals surface area contributed by atoms with Crippen LogP contribution in [0.3, 0.4) is 0 Å². The summed E-state index contributed by atoms with van der Waals surface area (Å²) in [6.45, 7) is 3.90. The number of H-pyrrole nitrogens is 1. The van der Waals surface area contributed by atoms with E-state index < -0.39 is 0 Å². The van der Waals surface area contributed by atoms with Crippen molar-refractivity contribution in [3.8, 4) is 0 Å². The summed E-state index contributed by atoms with van der Waals surface area (Å²) in [6, 6.07) is 8.63. The van der Waals surface area contributed by atoms with Crippen LogP contribution in [0.15, 0.2) is 30.3 Å². The van der Waals surface area contributed by atoms with Gasteiger partial charge in [0.15, 0.2) is 0 Å². The van der Waals surface area contributed by atoms with Gasteiger partial charge in [0.2, 0.25) is 0 Å². The zero-order chi connectivity index (χ0) is 14.0. The van der Waals surface area contributed by atoms with Crippen LogP contribution < -0.4 is 10.3 Å². The van der Waals surface area contributed by atoms with Crippen LogP contribution in [0.4, 0.5) is 5.82 Å². The number of aromatic nitrogens is 1. The minimum Gasteiger partial charge on any atom is -0.245 e. The largest absolute Gasteiger partial charge is 0.339 e. The quantitative estimate of drug-likeness (QED) is 0.902. The van der Waals surface area contributed by atoms with Gasteiger partial charge in [-0.2, -0.15) is 0 Å². The zero-order valence-corrected chi connectivity index (χ0v) is 12.1. The predicted molar refractivity (Wildman–Crippen MR) is 76.9 cm³/mol. The molecule has 2 rings (SSSR count). The molecular weight excluding hydrogens is 283 g/mol. The number of aryl methyl sites for hydroxylation is 2. The zero-order valence-electron chi connectivity index (χ0n) is 10.6. The summed E-state index contributed by atoms with van der Waals surface area (Å²) in [5, 5.41) is 3.58. The fourth-order valence-electron chi connectivity index (χ4n) is 1.79. The van der Waals surface area contributed by atoms with Crippen molar-refractivity contribution < 1.29 is 9.78 Å². The minimum atomic E-state index is -0.236. The maximum Gasteiger partial charge on any atom is 0.339 e. The second-order valence-electron chi connectivity index (χ2n) is 4.34. The maximum atomic E-state index is 12.1. The third-order valence-electron chi connectivity index (χ3n) is 2.58. The second-order valence-corrected chi connectivity index (χ2v) is 5.15. The molecule has 19 heavy (non-hydrogen) atoms. The summed E-state index contributed by atoms with van der Waals surface area (Å²) >= 11 is 11.7. The number of hydrogen-bond donors (Lipinski definition) is 1. The van der Waals surface area contributed by atoms with Gasteiger partial charge in [-0.05, 0) is 43.7 Å². The van der Waals surface area contributed by atoms with Crippen LogP contribution in [0.5, 0.6) is 0 Å². The molecule has 0 spiro atoms. The molecule has 0 radical (unpaired) electrons. The molecule has 5 heteroatoms. The van der Waals surface area contributed by atoms with Crippen molar-refractivity contribution in [3.05, 3.63) is 57.2 Å². The standard InChI is InChI=1S/C14H12Cl2N2O/c1-8-5-9(2)17-13(6-8)18-14(19)10-3-4-11(15)12(16)7-10/h3-7H,1-2H3,(H,17,18,19)/p+1. The Morgan fingerprint density at radius 2 is 1.84 bits per heavy atom. The third kappa shape index (κ3) is 3.46. The number of nitrogens with one attached hydrogen (secondary N) is 2. The molecule has 0 saturated carbocycles. The summed E-state index contributed by atoms with van der Waals surface area (Å²) in [5.74, 6) is 0.411. The Bertz CT molecular complexity index is 621. The van der Waals surface area contributed by atoms with Crippen molar-refractivity contribution in [1.29, 1.82) is 0 Å². The van der Waals surface area contributed by atoms with E-state index in [1.807, 2.05) is 26.0 Å². The van der Waals surface area contributed by atoms with Crippen LogP contribution in [0.25, 0.3) is 0 Å². The molecule has 0 atom stereocenters. The number of pyridine rings is 1. The van der Waals surface area contributed by atoms with Gasteiger partial charge in [-0.3, -0.25) is 0 Å². The highest BCUT2D eigenvalue weighted by Gasteiger charge is 2.14. The van der Waals surface area contributed by atoms with Gasteiger partial charge in [-0.15, -0.1) is 0 Å². The molecule has 0 aliphatic heterocycles. The Kier molecular flexibility index (Phi) is 4.08. The second kappa shape index (κ2) is 5.59. The number of rotatable bonds is 2. The van der Waals surface area contributed by atoms with Gasteiger partial charge >= 0.3 is 5.91 Å². The number of anilines is 1. The van der Waals surface area contributed by atoms with Crippen LogP contribution in [0, 0.1) is 13.8 Å². The number of benzene rings is 1. The SMILES string of the molecule is Cc1cc(C)[nH+]c(NC(=O)c2ccc(Cl)c(Cl)c2)c1. The van der Waals surface area contributed by atoms with Gasteiger partial charge < -0.3 is 0 Å². The summed E-state index contributed by atoms with van der Waals surface area (Å²) in [7, 11) is 0. The van der Waals surface area contributed by atoms with Gasteiger partial charge in [-0.25, -0.2) is 15.1 Å². The topological polar surface area (TPSA) is 43.2 Å². The molecular formula is C14H13Cl2N2O+. The molecule has 98 valence electrons. The van der Waals surface area contributed by atoms with E-state index in [2.05, 4.69) is 10.3 Å². The first kappa shape index (κ1) is 13.8. The lowest BCUT2D eigenvalue weighted by Gasteiger charge is -2.02. The first-order valence-corrected chi connectivity index (χ1v) is 6.48. The molecule has 0 bridgehead atoms. The van der Waals surface area contributed by atoms with Crippen LogP contribution in [-0.4, -0.2) is 5.91 Å². The molecule has 1 aromatic heterocycles. The Morgan fingerprint density at radius 1 is 1.11 bits per heavy atom. The average Bonchev–Trinajstić information content (AvgIpc) is 2.31. The predicted octanol–water partition coefficient (Wildman–Crippen LogP) is 3.68. The molecule has 0 saturated heterocycles. The number of carbonyl (C=O) groups excluding carboxylic acids is 1. The fourth-order valence-corrected chi connectivity index (χ4v) is 2.09. The number of amides is 1. The fraction of sp³-hybridized carbons (Fsp3) is 0.143. The van der Waals surface area contributed by atoms with Crippen molar-refractivity contribution in [2.75, 3.05) is 5.32 Å². The Hall–Kier alpha value is -1.58. The lowest BCUT2D eigenvalue weighted by atomic mass is 10.2. The van der Waals surface area contributed by atoms with E-state index in [0.717, 1.165) is 11.3 Å². The number of halogens is 2. The first-order valence-electron chi connectivity index (χ1n) is 5.72. The average molecular weight is 296 g/mol. The van der Waals surface area contributed by atoms with E-state index in [0.29, 0.717) is 21.4 Å². The molecule has 2 aromatic rings. The van der Waals surface area contributed by atoms with Gasteiger partial charge in [0, 0.05) is 6.07 Å². The first-order chi connectivity index (χ1) is 8.95. The molecule has 1 amide bonds. The van der Waals surface area contributed by atoms with Crippen LogP contribution in [0.2, 0.25) is 10.0 Å². The Labute approximate surface area is 121 Å². The summed E-state index contributed by atoms with van der Waals surface area (Å²) in [6.07, 6.45) is 0. The summed E-state index contributed by atoms with van der Waals surface area (Å²) in [5.41, 5.74) is 2.51. The monoisotopic (exact) mass is 295 g/mol. The Morgan fingerprint density at radius 3 is 2.47 bits per heavy atom. The number of aromatic amines is 1. The lowest BCUT2D eigenvalue weighted by molar-refractivity contribution is -0.370. The van der Waals surface area contributed by atoms with Gasteiger partial charge in [-0.1, -0.05) is 23.2 Å². The maximum absolute atomic E-state index is 12.1. The number of hydrogen-bond acceptors (Lipinski definition) is 1. The van der Waals surface area contributed by atoms with Gasteiger partial charge in [0.05, 0.1) is 21.3 Å². The van der Waals surface area contributed by atoms with Crippen molar-refractivity contribution >= 4 is 34.9 Å². The normalized spacial score (nSPS) is 10.3. The molecule has 0 aliphatic rings. The van der Waals surface area contributed by atoms with E-state index >= 15 is 0 Å². The van der Waals surface area contributed by atoms with E-state index in [1.54, 1.807) is 18.2 Å². The highest BCUT2D eigenvalue weighted by atomic mass is 35.5. The van der Waals surface area contributed by atoms with E-state index in [-0.39, 0.29) is 5.91 Å². The highest BCUT2D eigenvalue weighted by Crippen LogP contribution is 2.22. The van der Waals surface area contributed by atoms with Crippen LogP contribution in [-0.2, 0) is 0 Å². The lowest BCUT2D eigenvalue weighted by Crippen LogP contribution is -2.21. The van der Waals surface area contributed by atoms with Crippen LogP contribution in [0.1, 0.15) is 21.6 Å². The molecule has 1 heterocycles. The molecule has 0 unspecified atom stereocenters. The van der Waals surface area contributed by atoms with Crippen LogP contribution >= 0.6 is 23.2 Å². The van der Waals surface area contributed by atoms with Crippen molar-refractivity contribution in [3.63, 3.8) is 0 Å². The van der Waals surface area contributed by atoms with Crippen molar-refractivity contribution in [1.82, 2.24) is 0 Å². The highest BCUT2D eigenvalue weighted by molar-refractivity contribution is 6.42. The summed E-state index contributed by atoms with van der Waals surface area (Å²) in [4.78, 5) is 15.2. The van der Waals surface area contributed by atoms with E-state index in [4.69, 9.17) is 23.2 Å².